The third kappa shape index (κ3) is 5.98. The van der Waals surface area contributed by atoms with Gasteiger partial charge in [-0.05, 0) is 63.7 Å². The lowest BCUT2D eigenvalue weighted by Crippen LogP contribution is -2.07. The molecule has 12 rings (SSSR count). The number of para-hydroxylation sites is 2. The molecule has 0 aliphatic heterocycles. The lowest BCUT2D eigenvalue weighted by atomic mass is 9.98. The predicted octanol–water partition coefficient (Wildman–Crippen LogP) is 14.4. The minimum atomic E-state index is -0.552. The highest BCUT2D eigenvalue weighted by Gasteiger charge is 2.23. The summed E-state index contributed by atoms with van der Waals surface area (Å²) in [5, 5.41) is -0.0635. The third-order valence-corrected chi connectivity index (χ3v) is 11.3. The number of hydrogen-bond donors (Lipinski definition) is 0. The van der Waals surface area contributed by atoms with E-state index in [9.17, 15) is 8.22 Å². The topological polar surface area (TPSA) is 48.5 Å². The molecule has 5 nitrogen and oxygen atoms in total. The van der Waals surface area contributed by atoms with Crippen LogP contribution in [0.3, 0.4) is 0 Å². The fraction of sp³-hybridized carbons (Fsp3) is 0. The van der Waals surface area contributed by atoms with Crippen LogP contribution < -0.4 is 0 Å². The predicted molar refractivity (Wildman–Crippen MR) is 256 cm³/mol. The van der Waals surface area contributed by atoms with Crippen molar-refractivity contribution in [2.75, 3.05) is 0 Å². The summed E-state index contributed by atoms with van der Waals surface area (Å²) in [6.45, 7) is 0. The number of fused-ring (bicyclic) bond motifs is 7. The zero-order chi connectivity index (χ0) is 49.7. The average molecular weight is 802 g/mol. The number of rotatable bonds is 7. The van der Waals surface area contributed by atoms with Crippen LogP contribution in [0.5, 0.6) is 0 Å². The SMILES string of the molecule is [2H]c1c([2H])c([2H])c2c(c1[2H])c1c([2H])c([2H])c3c4c([2H])c([2H])c([2H])c([2H])c4n(-c4nc(-c5ccccc5)nc(-c5ccc(-c6cccc(-c7ccccc7)c6)cc5)n4)c3c1n2-c1cccc(-c2ccccc2)c1. The summed E-state index contributed by atoms with van der Waals surface area (Å²) in [7, 11) is 0. The zero-order valence-corrected chi connectivity index (χ0v) is 32.8. The molecule has 0 aliphatic carbocycles. The first-order chi connectivity index (χ1) is 34.9. The molecule has 0 aliphatic rings. The van der Waals surface area contributed by atoms with E-state index in [4.69, 9.17) is 20.4 Å². The van der Waals surface area contributed by atoms with Crippen LogP contribution in [-0.2, 0) is 0 Å². The van der Waals surface area contributed by atoms with Gasteiger partial charge in [0.2, 0.25) is 5.95 Å². The van der Waals surface area contributed by atoms with E-state index in [1.807, 2.05) is 133 Å². The van der Waals surface area contributed by atoms with Gasteiger partial charge in [-0.25, -0.2) is 4.98 Å². The fourth-order valence-corrected chi connectivity index (χ4v) is 8.35. The van der Waals surface area contributed by atoms with Crippen LogP contribution in [0.15, 0.2) is 224 Å². The van der Waals surface area contributed by atoms with Gasteiger partial charge in [0.15, 0.2) is 11.6 Å². The second-order valence-electron chi connectivity index (χ2n) is 14.9. The van der Waals surface area contributed by atoms with Crippen LogP contribution in [0.25, 0.3) is 111 Å². The molecule has 0 atom stereocenters. The molecule has 12 aromatic rings. The summed E-state index contributed by atoms with van der Waals surface area (Å²) < 4.78 is 96.1. The lowest BCUT2D eigenvalue weighted by molar-refractivity contribution is 0.953. The highest BCUT2D eigenvalue weighted by atomic mass is 15.2. The Bertz CT molecular complexity index is 4200. The summed E-state index contributed by atoms with van der Waals surface area (Å²) in [6, 6.07) is 47.8. The van der Waals surface area contributed by atoms with Gasteiger partial charge in [-0.2, -0.15) is 9.97 Å². The van der Waals surface area contributed by atoms with Crippen molar-refractivity contribution in [3.8, 4) is 67.8 Å². The van der Waals surface area contributed by atoms with Gasteiger partial charge in [-0.15, -0.1) is 0 Å². The lowest BCUT2D eigenvalue weighted by Gasteiger charge is -2.14. The Balaban J connectivity index is 1.21. The van der Waals surface area contributed by atoms with E-state index in [0.29, 0.717) is 16.8 Å². The monoisotopic (exact) mass is 801 g/mol. The van der Waals surface area contributed by atoms with Crippen LogP contribution in [0.1, 0.15) is 13.7 Å². The van der Waals surface area contributed by atoms with E-state index < -0.39 is 54.4 Å². The maximum Gasteiger partial charge on any atom is 0.238 e. The molecule has 290 valence electrons. The maximum atomic E-state index is 9.77. The maximum absolute atomic E-state index is 9.77. The molecule has 3 heterocycles. The average Bonchev–Trinajstić information content (AvgIpc) is 3.98. The number of hydrogen-bond acceptors (Lipinski definition) is 3. The van der Waals surface area contributed by atoms with Crippen molar-refractivity contribution in [1.82, 2.24) is 24.1 Å². The third-order valence-electron chi connectivity index (χ3n) is 11.3. The molecule has 0 unspecified atom stereocenters. The Morgan fingerprint density at radius 2 is 0.742 bits per heavy atom. The van der Waals surface area contributed by atoms with Crippen molar-refractivity contribution in [3.05, 3.63) is 224 Å². The van der Waals surface area contributed by atoms with E-state index in [-0.39, 0.29) is 67.3 Å². The van der Waals surface area contributed by atoms with Gasteiger partial charge in [0.25, 0.3) is 0 Å². The number of nitrogens with zero attached hydrogens (tertiary/aromatic N) is 5. The van der Waals surface area contributed by atoms with E-state index in [2.05, 4.69) is 24.3 Å². The van der Waals surface area contributed by atoms with Crippen LogP contribution >= 0.6 is 0 Å². The van der Waals surface area contributed by atoms with Gasteiger partial charge in [0.05, 0.1) is 35.8 Å². The number of benzene rings is 9. The Hall–Kier alpha value is -8.41. The van der Waals surface area contributed by atoms with Crippen LogP contribution in [0, 0.1) is 0 Å². The van der Waals surface area contributed by atoms with Crippen molar-refractivity contribution >= 4 is 43.6 Å². The summed E-state index contributed by atoms with van der Waals surface area (Å²) >= 11 is 0. The molecule has 62 heavy (non-hydrogen) atoms. The van der Waals surface area contributed by atoms with Gasteiger partial charge in [0.1, 0.15) is 0 Å². The minimum absolute atomic E-state index is 0.00594. The summed E-state index contributed by atoms with van der Waals surface area (Å²) in [5.41, 5.74) is 7.65. The Morgan fingerprint density at radius 3 is 1.32 bits per heavy atom. The second-order valence-corrected chi connectivity index (χ2v) is 14.9. The standard InChI is InChI=1S/C57H37N5/c1-4-16-38(17-5-1)43-22-14-23-44(36-43)40-30-32-42(33-31-40)56-58-55(41-20-8-3-9-21-41)59-57(60-56)62-52-29-13-11-27-48(52)50-35-34-49-47-26-10-12-28-51(47)61(53(49)54(50)62)46-25-15-24-45(37-46)39-18-6-2-7-19-39/h1-37H/i10D,11D,12D,13D,26D,27D,28D,29D,34D,35D. The molecule has 3 aromatic heterocycles. The van der Waals surface area contributed by atoms with E-state index >= 15 is 0 Å². The molecule has 0 N–H and O–H groups in total. The van der Waals surface area contributed by atoms with E-state index in [0.717, 1.165) is 33.4 Å². The Morgan fingerprint density at radius 1 is 0.323 bits per heavy atom. The van der Waals surface area contributed by atoms with Crippen molar-refractivity contribution in [2.24, 2.45) is 0 Å². The smallest absolute Gasteiger partial charge is 0.238 e. The minimum Gasteiger partial charge on any atom is -0.307 e. The van der Waals surface area contributed by atoms with Gasteiger partial charge in [-0.1, -0.05) is 194 Å². The molecule has 0 radical (unpaired) electrons. The first-order valence-electron chi connectivity index (χ1n) is 25.1. The van der Waals surface area contributed by atoms with Crippen LogP contribution in [0.4, 0.5) is 0 Å². The summed E-state index contributed by atoms with van der Waals surface area (Å²) in [6.07, 6.45) is 0. The molecule has 0 spiro atoms. The molecule has 0 saturated carbocycles. The largest absolute Gasteiger partial charge is 0.307 e. The summed E-state index contributed by atoms with van der Waals surface area (Å²) in [4.78, 5) is 15.2. The fourth-order valence-electron chi connectivity index (χ4n) is 8.35. The normalized spacial score (nSPS) is 13.8. The molecule has 0 bridgehead atoms. The molecular formula is C57H37N5. The van der Waals surface area contributed by atoms with Gasteiger partial charge in [-0.3, -0.25) is 4.57 Å². The molecule has 0 amide bonds. The van der Waals surface area contributed by atoms with Crippen molar-refractivity contribution in [3.63, 3.8) is 0 Å². The molecule has 0 fully saturated rings. The highest BCUT2D eigenvalue weighted by molar-refractivity contribution is 6.23. The number of aromatic nitrogens is 5. The van der Waals surface area contributed by atoms with Crippen molar-refractivity contribution in [2.45, 2.75) is 0 Å². The second kappa shape index (κ2) is 14.7. The first-order valence-corrected chi connectivity index (χ1v) is 20.1. The quantitative estimate of drug-likeness (QED) is 0.161. The molecule has 5 heteroatoms. The first kappa shape index (κ1) is 26.6. The van der Waals surface area contributed by atoms with Gasteiger partial charge >= 0.3 is 0 Å². The zero-order valence-electron chi connectivity index (χ0n) is 42.8. The van der Waals surface area contributed by atoms with E-state index in [1.165, 1.54) is 4.57 Å². The van der Waals surface area contributed by atoms with Gasteiger partial charge in [0, 0.05) is 38.4 Å². The van der Waals surface area contributed by atoms with Crippen molar-refractivity contribution < 1.29 is 13.7 Å². The molecule has 9 aromatic carbocycles. The Labute approximate surface area is 372 Å². The Kier molecular flexibility index (Phi) is 6.31. The van der Waals surface area contributed by atoms with E-state index in [1.54, 1.807) is 10.6 Å². The highest BCUT2D eigenvalue weighted by Crippen LogP contribution is 2.42. The van der Waals surface area contributed by atoms with Crippen LogP contribution in [0.2, 0.25) is 0 Å². The van der Waals surface area contributed by atoms with Crippen LogP contribution in [-0.4, -0.2) is 24.1 Å². The van der Waals surface area contributed by atoms with Crippen molar-refractivity contribution in [1.29, 1.82) is 0 Å². The molecule has 0 saturated heterocycles. The van der Waals surface area contributed by atoms with Gasteiger partial charge < -0.3 is 4.57 Å². The molecular weight excluding hydrogens is 755 g/mol. The summed E-state index contributed by atoms with van der Waals surface area (Å²) in [5.74, 6) is 0.395.